The molecule has 0 radical (unpaired) electrons. The Hall–Kier alpha value is -9.11. The standard InChI is InChI=1S/C53H29F5N10/c54-36-21-34(22-37(55)29-36)48-46(67-42-23-30(49-59-13-1-14-60-49)5-9-38(42)39-10-6-31(24-43(39)67)50-61-15-2-16-62-50)27-35(53(56,57)58)28-47(48)68-44-25-32(51-63-17-3-18-64-51)7-11-40(44)41-12-8-33(26-45(41)68)52-65-19-4-20-66-52/h1-29H. The lowest BCUT2D eigenvalue weighted by Crippen LogP contribution is -2.11. The number of benzene rings is 6. The number of fused-ring (bicyclic) bond motifs is 6. The molecule has 10 nitrogen and oxygen atoms in total. The van der Waals surface area contributed by atoms with E-state index in [1.807, 2.05) is 48.5 Å². The number of alkyl halides is 3. The van der Waals surface area contributed by atoms with Gasteiger partial charge in [0.1, 0.15) is 11.6 Å². The first-order chi connectivity index (χ1) is 33.2. The van der Waals surface area contributed by atoms with Crippen LogP contribution in [-0.2, 0) is 6.18 Å². The number of halogens is 5. The number of aromatic nitrogens is 10. The lowest BCUT2D eigenvalue weighted by molar-refractivity contribution is -0.137. The van der Waals surface area contributed by atoms with Crippen LogP contribution < -0.4 is 0 Å². The summed E-state index contributed by atoms with van der Waals surface area (Å²) in [6.07, 6.45) is 7.85. The lowest BCUT2D eigenvalue weighted by atomic mass is 9.97. The second-order valence-corrected chi connectivity index (χ2v) is 15.9. The summed E-state index contributed by atoms with van der Waals surface area (Å²) in [6, 6.07) is 33.8. The Morgan fingerprint density at radius 1 is 0.338 bits per heavy atom. The molecule has 12 aromatic rings. The molecule has 6 aromatic carbocycles. The zero-order valence-electron chi connectivity index (χ0n) is 35.1. The molecule has 0 bridgehead atoms. The molecule has 0 aliphatic carbocycles. The second-order valence-electron chi connectivity index (χ2n) is 15.9. The maximum Gasteiger partial charge on any atom is 0.416 e. The van der Waals surface area contributed by atoms with E-state index in [2.05, 4.69) is 39.9 Å². The van der Waals surface area contributed by atoms with Gasteiger partial charge in [-0.15, -0.1) is 0 Å². The van der Waals surface area contributed by atoms with Crippen molar-refractivity contribution in [1.29, 1.82) is 0 Å². The van der Waals surface area contributed by atoms with Crippen LogP contribution in [-0.4, -0.2) is 49.0 Å². The van der Waals surface area contributed by atoms with Gasteiger partial charge in [0.15, 0.2) is 23.3 Å². The third-order valence-electron chi connectivity index (χ3n) is 11.9. The maximum atomic E-state index is 15.9. The van der Waals surface area contributed by atoms with Gasteiger partial charge < -0.3 is 9.13 Å². The van der Waals surface area contributed by atoms with E-state index < -0.39 is 23.4 Å². The van der Waals surface area contributed by atoms with Gasteiger partial charge in [-0.3, -0.25) is 0 Å². The van der Waals surface area contributed by atoms with Gasteiger partial charge in [-0.1, -0.05) is 48.5 Å². The van der Waals surface area contributed by atoms with Crippen LogP contribution in [0.25, 0.3) is 112 Å². The highest BCUT2D eigenvalue weighted by atomic mass is 19.4. The second kappa shape index (κ2) is 15.8. The highest BCUT2D eigenvalue weighted by Gasteiger charge is 2.35. The molecule has 0 saturated carbocycles. The smallest absolute Gasteiger partial charge is 0.308 e. The summed E-state index contributed by atoms with van der Waals surface area (Å²) < 4.78 is 82.7. The number of hydrogen-bond donors (Lipinski definition) is 0. The summed E-state index contributed by atoms with van der Waals surface area (Å²) >= 11 is 0. The summed E-state index contributed by atoms with van der Waals surface area (Å²) in [5.41, 5.74) is 3.14. The molecule has 0 amide bonds. The van der Waals surface area contributed by atoms with Crippen LogP contribution in [0.5, 0.6) is 0 Å². The Labute approximate surface area is 381 Å². The third kappa shape index (κ3) is 6.87. The van der Waals surface area contributed by atoms with Crippen LogP contribution in [0.3, 0.4) is 0 Å². The fourth-order valence-electron chi connectivity index (χ4n) is 9.03. The minimum absolute atomic E-state index is 0.0265. The third-order valence-corrected chi connectivity index (χ3v) is 11.9. The van der Waals surface area contributed by atoms with Crippen molar-refractivity contribution in [3.05, 3.63) is 194 Å². The van der Waals surface area contributed by atoms with Crippen molar-refractivity contribution in [2.45, 2.75) is 6.18 Å². The molecular formula is C53H29F5N10. The number of hydrogen-bond acceptors (Lipinski definition) is 8. The number of rotatable bonds is 7. The van der Waals surface area contributed by atoms with Crippen molar-refractivity contribution in [3.8, 4) is 68.1 Å². The van der Waals surface area contributed by atoms with Gasteiger partial charge in [-0.25, -0.2) is 48.7 Å². The van der Waals surface area contributed by atoms with Crippen LogP contribution in [0, 0.1) is 11.6 Å². The molecule has 0 unspecified atom stereocenters. The van der Waals surface area contributed by atoms with E-state index in [1.54, 1.807) is 107 Å². The van der Waals surface area contributed by atoms with E-state index in [0.29, 0.717) is 89.2 Å². The number of nitrogens with zero attached hydrogens (tertiary/aromatic N) is 10. The summed E-state index contributed by atoms with van der Waals surface area (Å²) in [5.74, 6) is -0.348. The molecule has 6 aromatic heterocycles. The predicted octanol–water partition coefficient (Wildman–Crippen LogP) is 12.7. The molecule has 0 spiro atoms. The maximum absolute atomic E-state index is 15.9. The Kier molecular flexibility index (Phi) is 9.39. The van der Waals surface area contributed by atoms with Crippen LogP contribution in [0.4, 0.5) is 22.0 Å². The van der Waals surface area contributed by atoms with Gasteiger partial charge in [-0.2, -0.15) is 13.2 Å². The molecule has 0 saturated heterocycles. The van der Waals surface area contributed by atoms with Gasteiger partial charge >= 0.3 is 6.18 Å². The van der Waals surface area contributed by atoms with Crippen molar-refractivity contribution in [2.24, 2.45) is 0 Å². The molecule has 0 atom stereocenters. The molecule has 15 heteroatoms. The Balaban J connectivity index is 1.28. The van der Waals surface area contributed by atoms with E-state index in [1.165, 1.54) is 0 Å². The van der Waals surface area contributed by atoms with Gasteiger partial charge in [-0.05, 0) is 78.4 Å². The average molecular weight is 901 g/mol. The largest absolute Gasteiger partial charge is 0.416 e. The van der Waals surface area contributed by atoms with Crippen LogP contribution in [0.2, 0.25) is 0 Å². The molecule has 0 aliphatic heterocycles. The van der Waals surface area contributed by atoms with Crippen molar-refractivity contribution in [1.82, 2.24) is 49.0 Å². The average Bonchev–Trinajstić information content (AvgIpc) is 3.87. The molecule has 0 aliphatic rings. The minimum Gasteiger partial charge on any atom is -0.308 e. The Morgan fingerprint density at radius 3 is 0.912 bits per heavy atom. The van der Waals surface area contributed by atoms with E-state index in [9.17, 15) is 0 Å². The summed E-state index contributed by atoms with van der Waals surface area (Å²) in [6.45, 7) is 0. The molecule has 12 rings (SSSR count). The summed E-state index contributed by atoms with van der Waals surface area (Å²) in [4.78, 5) is 35.8. The van der Waals surface area contributed by atoms with E-state index in [-0.39, 0.29) is 22.5 Å². The minimum atomic E-state index is -4.93. The molecule has 326 valence electrons. The normalized spacial score (nSPS) is 11.9. The van der Waals surface area contributed by atoms with E-state index in [4.69, 9.17) is 0 Å². The molecule has 6 heterocycles. The Morgan fingerprint density at radius 2 is 0.632 bits per heavy atom. The summed E-state index contributed by atoms with van der Waals surface area (Å²) in [5, 5.41) is 2.69. The zero-order valence-corrected chi connectivity index (χ0v) is 35.1. The first-order valence-electron chi connectivity index (χ1n) is 21.1. The topological polar surface area (TPSA) is 113 Å². The monoisotopic (exact) mass is 900 g/mol. The molecule has 0 fully saturated rings. The zero-order chi connectivity index (χ0) is 46.1. The van der Waals surface area contributed by atoms with Crippen molar-refractivity contribution in [2.75, 3.05) is 0 Å². The van der Waals surface area contributed by atoms with Crippen LogP contribution in [0.15, 0.2) is 177 Å². The Bertz CT molecular complexity index is 3480. The SMILES string of the molecule is Fc1cc(F)cc(-c2c(-n3c4cc(-c5ncccn5)ccc4c4ccc(-c5ncccn5)cc43)cc(C(F)(F)F)cc2-n2c3cc(-c4ncccn4)ccc3c3ccc(-c4ncccn4)cc32)c1. The van der Waals surface area contributed by atoms with Gasteiger partial charge in [0.25, 0.3) is 0 Å². The summed E-state index contributed by atoms with van der Waals surface area (Å²) in [7, 11) is 0. The molecule has 68 heavy (non-hydrogen) atoms. The van der Waals surface area contributed by atoms with Crippen molar-refractivity contribution >= 4 is 43.6 Å². The molecular weight excluding hydrogens is 872 g/mol. The predicted molar refractivity (Wildman–Crippen MR) is 250 cm³/mol. The van der Waals surface area contributed by atoms with Crippen molar-refractivity contribution in [3.63, 3.8) is 0 Å². The quantitative estimate of drug-likeness (QED) is 0.145. The van der Waals surface area contributed by atoms with Gasteiger partial charge in [0, 0.05) is 105 Å². The molecule has 0 N–H and O–H groups in total. The van der Waals surface area contributed by atoms with E-state index >= 15 is 22.0 Å². The fraction of sp³-hybridized carbons (Fsp3) is 0.0189. The first-order valence-corrected chi connectivity index (χ1v) is 21.1. The first kappa shape index (κ1) is 40.4. The van der Waals surface area contributed by atoms with Crippen molar-refractivity contribution < 1.29 is 22.0 Å². The fourth-order valence-corrected chi connectivity index (χ4v) is 9.03. The van der Waals surface area contributed by atoms with Crippen LogP contribution >= 0.6 is 0 Å². The van der Waals surface area contributed by atoms with Gasteiger partial charge in [0.2, 0.25) is 0 Å². The highest BCUT2D eigenvalue weighted by Crippen LogP contribution is 2.47. The highest BCUT2D eigenvalue weighted by molar-refractivity contribution is 6.13. The lowest BCUT2D eigenvalue weighted by Gasteiger charge is -2.23. The van der Waals surface area contributed by atoms with E-state index in [0.717, 1.165) is 30.3 Å². The van der Waals surface area contributed by atoms with Crippen LogP contribution in [0.1, 0.15) is 5.56 Å². The van der Waals surface area contributed by atoms with Gasteiger partial charge in [0.05, 0.1) is 39.0 Å².